The van der Waals surface area contributed by atoms with Crippen molar-refractivity contribution in [2.75, 3.05) is 0 Å². The summed E-state index contributed by atoms with van der Waals surface area (Å²) >= 11 is 0. The molecule has 4 heteroatoms. The number of carbonyl (C=O) groups excluding carboxylic acids is 1. The minimum atomic E-state index is -0.451. The average Bonchev–Trinajstić information content (AvgIpc) is 2.69. The summed E-state index contributed by atoms with van der Waals surface area (Å²) in [4.78, 5) is 12.0. The second kappa shape index (κ2) is 5.93. The predicted molar refractivity (Wildman–Crippen MR) is 67.6 cm³/mol. The van der Waals surface area contributed by atoms with Crippen LogP contribution in [0.2, 0.25) is 0 Å². The first kappa shape index (κ1) is 13.9. The summed E-state index contributed by atoms with van der Waals surface area (Å²) in [7, 11) is 1.70. The predicted octanol–water partition coefficient (Wildman–Crippen LogP) is 2.10. The highest BCUT2D eigenvalue weighted by Gasteiger charge is 2.20. The number of esters is 1. The van der Waals surface area contributed by atoms with Gasteiger partial charge in [-0.15, -0.1) is 12.3 Å². The van der Waals surface area contributed by atoms with E-state index in [-0.39, 0.29) is 12.0 Å². The lowest BCUT2D eigenvalue weighted by atomic mass is 10.0. The van der Waals surface area contributed by atoms with E-state index < -0.39 is 5.97 Å². The van der Waals surface area contributed by atoms with Crippen molar-refractivity contribution in [3.63, 3.8) is 0 Å². The fourth-order valence-electron chi connectivity index (χ4n) is 1.56. The number of ether oxygens (including phenoxy) is 1. The lowest BCUT2D eigenvalue weighted by molar-refractivity contribution is 0.0188. The van der Waals surface area contributed by atoms with Crippen LogP contribution in [0.4, 0.5) is 0 Å². The summed E-state index contributed by atoms with van der Waals surface area (Å²) < 4.78 is 6.94. The molecule has 1 rings (SSSR count). The van der Waals surface area contributed by atoms with Crippen molar-refractivity contribution in [2.24, 2.45) is 13.0 Å². The van der Waals surface area contributed by atoms with Crippen molar-refractivity contribution in [1.82, 2.24) is 4.57 Å². The standard InChI is InChI=1S/C14H16N2O2/c1-5-6-13(10(2)3)18-14(17)12-7-11(8-15)9-16(12)4/h1,7,9-10,13H,6H2,2-4H3/t13-/m0/s1. The number of terminal acetylenes is 1. The number of carbonyl (C=O) groups is 1. The number of aryl methyl sites for hydroxylation is 1. The van der Waals surface area contributed by atoms with Crippen LogP contribution in [0.3, 0.4) is 0 Å². The lowest BCUT2D eigenvalue weighted by Gasteiger charge is -2.19. The molecule has 0 spiro atoms. The number of hydrogen-bond acceptors (Lipinski definition) is 3. The van der Waals surface area contributed by atoms with Crippen molar-refractivity contribution in [3.05, 3.63) is 23.5 Å². The zero-order valence-corrected chi connectivity index (χ0v) is 10.8. The van der Waals surface area contributed by atoms with Gasteiger partial charge in [0.25, 0.3) is 0 Å². The Morgan fingerprint density at radius 1 is 1.61 bits per heavy atom. The van der Waals surface area contributed by atoms with Gasteiger partial charge in [0.2, 0.25) is 0 Å². The number of aromatic nitrogens is 1. The Morgan fingerprint density at radius 3 is 2.72 bits per heavy atom. The number of nitrogens with zero attached hydrogens (tertiary/aromatic N) is 2. The Hall–Kier alpha value is -2.20. The minimum absolute atomic E-state index is 0.153. The summed E-state index contributed by atoms with van der Waals surface area (Å²) in [5.74, 6) is 2.20. The number of rotatable bonds is 4. The zero-order valence-electron chi connectivity index (χ0n) is 10.8. The highest BCUT2D eigenvalue weighted by Crippen LogP contribution is 2.14. The second-order valence-electron chi connectivity index (χ2n) is 4.43. The van der Waals surface area contributed by atoms with Crippen LogP contribution in [0.25, 0.3) is 0 Å². The van der Waals surface area contributed by atoms with Crippen LogP contribution < -0.4 is 0 Å². The molecule has 0 aromatic carbocycles. The van der Waals surface area contributed by atoms with Gasteiger partial charge in [0.1, 0.15) is 17.9 Å². The van der Waals surface area contributed by atoms with Crippen LogP contribution in [0, 0.1) is 29.6 Å². The summed E-state index contributed by atoms with van der Waals surface area (Å²) in [5.41, 5.74) is 0.789. The van der Waals surface area contributed by atoms with Crippen molar-refractivity contribution in [1.29, 1.82) is 5.26 Å². The van der Waals surface area contributed by atoms with Crippen molar-refractivity contribution < 1.29 is 9.53 Å². The lowest BCUT2D eigenvalue weighted by Crippen LogP contribution is -2.24. The van der Waals surface area contributed by atoms with E-state index in [1.54, 1.807) is 17.8 Å². The Balaban J connectivity index is 2.84. The van der Waals surface area contributed by atoms with Crippen LogP contribution in [-0.4, -0.2) is 16.6 Å². The molecule has 0 aliphatic rings. The molecule has 4 nitrogen and oxygen atoms in total. The maximum Gasteiger partial charge on any atom is 0.355 e. The van der Waals surface area contributed by atoms with Crippen molar-refractivity contribution in [2.45, 2.75) is 26.4 Å². The molecule has 1 aromatic heterocycles. The second-order valence-corrected chi connectivity index (χ2v) is 4.43. The molecular weight excluding hydrogens is 228 g/mol. The van der Waals surface area contributed by atoms with Crippen LogP contribution >= 0.6 is 0 Å². The van der Waals surface area contributed by atoms with Crippen LogP contribution in [0.15, 0.2) is 12.3 Å². The van der Waals surface area contributed by atoms with Crippen molar-refractivity contribution >= 4 is 5.97 Å². The van der Waals surface area contributed by atoms with E-state index in [1.807, 2.05) is 19.9 Å². The van der Waals surface area contributed by atoms with Gasteiger partial charge in [-0.3, -0.25) is 0 Å². The van der Waals surface area contributed by atoms with E-state index in [0.717, 1.165) is 0 Å². The molecular formula is C14H16N2O2. The quantitative estimate of drug-likeness (QED) is 0.602. The molecule has 94 valence electrons. The molecule has 0 saturated heterocycles. The first-order chi connectivity index (χ1) is 8.49. The van der Waals surface area contributed by atoms with Gasteiger partial charge in [-0.25, -0.2) is 4.79 Å². The molecule has 0 saturated carbocycles. The monoisotopic (exact) mass is 244 g/mol. The molecule has 0 amide bonds. The molecule has 18 heavy (non-hydrogen) atoms. The van der Waals surface area contributed by atoms with Gasteiger partial charge in [-0.1, -0.05) is 13.8 Å². The van der Waals surface area contributed by atoms with E-state index in [2.05, 4.69) is 5.92 Å². The average molecular weight is 244 g/mol. The summed E-state index contributed by atoms with van der Waals surface area (Å²) in [6.07, 6.45) is 6.92. The highest BCUT2D eigenvalue weighted by molar-refractivity contribution is 5.88. The molecule has 0 fully saturated rings. The van der Waals surface area contributed by atoms with E-state index in [1.165, 1.54) is 6.07 Å². The van der Waals surface area contributed by atoms with E-state index in [4.69, 9.17) is 16.4 Å². The Kier molecular flexibility index (Phi) is 4.57. The third-order valence-electron chi connectivity index (χ3n) is 2.66. The molecule has 0 unspecified atom stereocenters. The third kappa shape index (κ3) is 3.15. The minimum Gasteiger partial charge on any atom is -0.456 e. The van der Waals surface area contributed by atoms with E-state index >= 15 is 0 Å². The fraction of sp³-hybridized carbons (Fsp3) is 0.429. The molecule has 0 aliphatic heterocycles. The largest absolute Gasteiger partial charge is 0.456 e. The first-order valence-corrected chi connectivity index (χ1v) is 5.70. The third-order valence-corrected chi connectivity index (χ3v) is 2.66. The first-order valence-electron chi connectivity index (χ1n) is 5.70. The SMILES string of the molecule is C#CC[C@H](OC(=O)c1cc(C#N)cn1C)C(C)C. The summed E-state index contributed by atoms with van der Waals surface area (Å²) in [6.45, 7) is 3.89. The summed E-state index contributed by atoms with van der Waals surface area (Å²) in [5, 5.41) is 8.77. The van der Waals surface area contributed by atoms with E-state index in [0.29, 0.717) is 17.7 Å². The van der Waals surface area contributed by atoms with Gasteiger partial charge in [-0.05, 0) is 12.0 Å². The van der Waals surface area contributed by atoms with Gasteiger partial charge in [0.05, 0.1) is 5.56 Å². The van der Waals surface area contributed by atoms with Crippen LogP contribution in [-0.2, 0) is 11.8 Å². The normalized spacial score (nSPS) is 11.7. The molecule has 1 heterocycles. The van der Waals surface area contributed by atoms with Gasteiger partial charge in [0, 0.05) is 19.7 Å². The maximum atomic E-state index is 12.0. The van der Waals surface area contributed by atoms with Crippen LogP contribution in [0.1, 0.15) is 36.3 Å². The topological polar surface area (TPSA) is 55.0 Å². The number of hydrogen-bond donors (Lipinski definition) is 0. The molecule has 1 atom stereocenters. The Labute approximate surface area is 107 Å². The molecule has 0 N–H and O–H groups in total. The van der Waals surface area contributed by atoms with Crippen molar-refractivity contribution in [3.8, 4) is 18.4 Å². The Morgan fingerprint density at radius 2 is 2.28 bits per heavy atom. The molecule has 0 bridgehead atoms. The van der Waals surface area contributed by atoms with E-state index in [9.17, 15) is 4.79 Å². The Bertz CT molecular complexity index is 515. The smallest absolute Gasteiger partial charge is 0.355 e. The number of nitriles is 1. The summed E-state index contributed by atoms with van der Waals surface area (Å²) in [6, 6.07) is 3.49. The van der Waals surface area contributed by atoms with Gasteiger partial charge in [0.15, 0.2) is 0 Å². The van der Waals surface area contributed by atoms with Gasteiger partial charge >= 0.3 is 5.97 Å². The fourth-order valence-corrected chi connectivity index (χ4v) is 1.56. The molecule has 0 aliphatic carbocycles. The van der Waals surface area contributed by atoms with Gasteiger partial charge in [-0.2, -0.15) is 5.26 Å². The zero-order chi connectivity index (χ0) is 13.7. The molecule has 1 aromatic rings. The van der Waals surface area contributed by atoms with Crippen LogP contribution in [0.5, 0.6) is 0 Å². The molecule has 0 radical (unpaired) electrons. The van der Waals surface area contributed by atoms with Gasteiger partial charge < -0.3 is 9.30 Å². The highest BCUT2D eigenvalue weighted by atomic mass is 16.5. The maximum absolute atomic E-state index is 12.0.